The van der Waals surface area contributed by atoms with Gasteiger partial charge in [-0.05, 0) is 59.5 Å². The number of fused-ring (bicyclic) bond motifs is 1. The van der Waals surface area contributed by atoms with Crippen LogP contribution in [0.25, 0.3) is 11.1 Å². The molecule has 0 unspecified atom stereocenters. The number of nitrogens with zero attached hydrogens (tertiary/aromatic N) is 1. The molecule has 5 rings (SSSR count). The summed E-state index contributed by atoms with van der Waals surface area (Å²) in [5.74, 6) is -3.10. The maximum absolute atomic E-state index is 14.1. The minimum Gasteiger partial charge on any atom is -0.355 e. The van der Waals surface area contributed by atoms with Crippen molar-refractivity contribution in [3.8, 4) is 11.1 Å². The zero-order valence-electron chi connectivity index (χ0n) is 21.6. The number of rotatable bonds is 8. The van der Waals surface area contributed by atoms with Crippen molar-refractivity contribution in [3.63, 3.8) is 0 Å². The zero-order valence-corrected chi connectivity index (χ0v) is 21.6. The molecule has 0 bridgehead atoms. The average Bonchev–Trinajstić information content (AvgIpc) is 3.26. The molecule has 2 heterocycles. The van der Waals surface area contributed by atoms with Gasteiger partial charge in [0.05, 0.1) is 17.7 Å². The molecule has 9 heteroatoms. The van der Waals surface area contributed by atoms with Crippen molar-refractivity contribution in [1.29, 1.82) is 0 Å². The Kier molecular flexibility index (Phi) is 7.63. The first-order chi connectivity index (χ1) is 19.3. The number of carbonyl (C=O) groups is 3. The van der Waals surface area contributed by atoms with Gasteiger partial charge in [0.15, 0.2) is 0 Å². The number of amides is 3. The summed E-state index contributed by atoms with van der Waals surface area (Å²) in [4.78, 5) is 42.8. The van der Waals surface area contributed by atoms with Crippen LogP contribution in [0.5, 0.6) is 0 Å². The summed E-state index contributed by atoms with van der Waals surface area (Å²) in [5, 5.41) is 8.34. The van der Waals surface area contributed by atoms with Crippen LogP contribution in [0.2, 0.25) is 0 Å². The first-order valence-electron chi connectivity index (χ1n) is 12.7. The number of benzene rings is 3. The van der Waals surface area contributed by atoms with Crippen LogP contribution in [0.15, 0.2) is 85.1 Å². The van der Waals surface area contributed by atoms with E-state index in [1.54, 1.807) is 60.8 Å². The van der Waals surface area contributed by atoms with E-state index in [0.29, 0.717) is 33.6 Å². The van der Waals surface area contributed by atoms with Crippen LogP contribution >= 0.6 is 0 Å². The minimum absolute atomic E-state index is 0.0347. The average molecular weight is 541 g/mol. The molecule has 3 amide bonds. The summed E-state index contributed by atoms with van der Waals surface area (Å²) in [5.41, 5.74) is 3.93. The highest BCUT2D eigenvalue weighted by Crippen LogP contribution is 2.35. The molecule has 0 saturated carbocycles. The van der Waals surface area contributed by atoms with E-state index >= 15 is 0 Å². The lowest BCUT2D eigenvalue weighted by atomic mass is 9.93. The zero-order chi connectivity index (χ0) is 28.2. The number of anilines is 1. The maximum Gasteiger partial charge on any atom is 0.251 e. The number of pyridine rings is 1. The van der Waals surface area contributed by atoms with E-state index in [9.17, 15) is 23.2 Å². The van der Waals surface area contributed by atoms with E-state index in [1.807, 2.05) is 6.07 Å². The van der Waals surface area contributed by atoms with E-state index in [2.05, 4.69) is 20.9 Å². The molecule has 0 radical (unpaired) electrons. The van der Waals surface area contributed by atoms with Crippen molar-refractivity contribution < 1.29 is 23.2 Å². The second kappa shape index (κ2) is 11.4. The molecule has 2 atom stereocenters. The highest BCUT2D eigenvalue weighted by Gasteiger charge is 2.33. The molecule has 1 aliphatic heterocycles. The lowest BCUT2D eigenvalue weighted by Gasteiger charge is -2.22. The van der Waals surface area contributed by atoms with Crippen LogP contribution in [0.4, 0.5) is 14.5 Å². The third-order valence-corrected chi connectivity index (χ3v) is 6.83. The van der Waals surface area contributed by atoms with Gasteiger partial charge in [0, 0.05) is 42.5 Å². The third-order valence-electron chi connectivity index (χ3n) is 6.83. The van der Waals surface area contributed by atoms with Gasteiger partial charge in [-0.15, -0.1) is 0 Å². The Morgan fingerprint density at radius 2 is 1.75 bits per heavy atom. The van der Waals surface area contributed by atoms with Crippen LogP contribution in [-0.4, -0.2) is 29.8 Å². The fourth-order valence-electron chi connectivity index (χ4n) is 5.01. The Morgan fingerprint density at radius 3 is 2.52 bits per heavy atom. The summed E-state index contributed by atoms with van der Waals surface area (Å²) in [6.45, 7) is 0. The highest BCUT2D eigenvalue weighted by atomic mass is 19.1. The summed E-state index contributed by atoms with van der Waals surface area (Å²) in [6, 6.07) is 20.0. The molecule has 7 nitrogen and oxygen atoms in total. The van der Waals surface area contributed by atoms with E-state index in [1.165, 1.54) is 19.2 Å². The first-order valence-corrected chi connectivity index (χ1v) is 12.7. The Bertz CT molecular complexity index is 1590. The standard InChI is InChI=1S/C31H26F2N4O3/c1-34-30(39)20-7-4-6-19(15-20)23-9-5-11-35-29(23)27(14-18-12-21(32)16-22(33)13-18)36-28(38)17-25-24-8-2-3-10-26(24)37-31(25)40/h2-13,15-16,25,27H,14,17H2,1H3,(H,34,39)(H,36,38)(H,37,40)/t25-,27+/m1/s1. The van der Waals surface area contributed by atoms with Gasteiger partial charge in [-0.3, -0.25) is 19.4 Å². The molecule has 1 aromatic heterocycles. The van der Waals surface area contributed by atoms with E-state index in [0.717, 1.165) is 11.6 Å². The third kappa shape index (κ3) is 5.73. The van der Waals surface area contributed by atoms with Crippen molar-refractivity contribution in [1.82, 2.24) is 15.6 Å². The van der Waals surface area contributed by atoms with Gasteiger partial charge in [0.2, 0.25) is 11.8 Å². The molecule has 0 fully saturated rings. The van der Waals surface area contributed by atoms with Crippen LogP contribution in [0.1, 0.15) is 45.6 Å². The van der Waals surface area contributed by atoms with Crippen molar-refractivity contribution in [2.24, 2.45) is 0 Å². The largest absolute Gasteiger partial charge is 0.355 e. The van der Waals surface area contributed by atoms with Gasteiger partial charge >= 0.3 is 0 Å². The van der Waals surface area contributed by atoms with E-state index in [4.69, 9.17) is 0 Å². The van der Waals surface area contributed by atoms with Crippen LogP contribution in [0, 0.1) is 11.6 Å². The fraction of sp³-hybridized carbons (Fsp3) is 0.161. The van der Waals surface area contributed by atoms with E-state index in [-0.39, 0.29) is 24.7 Å². The summed E-state index contributed by atoms with van der Waals surface area (Å²) < 4.78 is 28.1. The Labute approximate surface area is 229 Å². The highest BCUT2D eigenvalue weighted by molar-refractivity contribution is 6.05. The first kappa shape index (κ1) is 26.7. The van der Waals surface area contributed by atoms with Crippen LogP contribution in [-0.2, 0) is 16.0 Å². The molecule has 4 aromatic rings. The van der Waals surface area contributed by atoms with Gasteiger partial charge < -0.3 is 16.0 Å². The predicted molar refractivity (Wildman–Crippen MR) is 146 cm³/mol. The van der Waals surface area contributed by atoms with Gasteiger partial charge in [-0.25, -0.2) is 8.78 Å². The number of halogens is 2. The molecule has 40 heavy (non-hydrogen) atoms. The Hall–Kier alpha value is -4.92. The van der Waals surface area contributed by atoms with Crippen molar-refractivity contribution >= 4 is 23.4 Å². The molecule has 0 spiro atoms. The second-order valence-corrected chi connectivity index (χ2v) is 9.53. The minimum atomic E-state index is -0.798. The summed E-state index contributed by atoms with van der Waals surface area (Å²) >= 11 is 0. The molecular formula is C31H26F2N4O3. The van der Waals surface area contributed by atoms with Gasteiger partial charge in [-0.1, -0.05) is 36.4 Å². The number of hydrogen-bond donors (Lipinski definition) is 3. The number of carbonyl (C=O) groups excluding carboxylic acids is 3. The summed E-state index contributed by atoms with van der Waals surface area (Å²) in [6.07, 6.45) is 1.48. The van der Waals surface area contributed by atoms with Gasteiger partial charge in [0.1, 0.15) is 11.6 Å². The van der Waals surface area contributed by atoms with Crippen LogP contribution in [0.3, 0.4) is 0 Å². The number of aromatic nitrogens is 1. The molecular weight excluding hydrogens is 514 g/mol. The monoisotopic (exact) mass is 540 g/mol. The number of nitrogens with one attached hydrogen (secondary N) is 3. The Morgan fingerprint density at radius 1 is 0.975 bits per heavy atom. The van der Waals surface area contributed by atoms with E-state index < -0.39 is 29.5 Å². The van der Waals surface area contributed by atoms with Crippen molar-refractivity contribution in [2.75, 3.05) is 12.4 Å². The number of para-hydroxylation sites is 1. The lowest BCUT2D eigenvalue weighted by molar-refractivity contribution is -0.125. The molecule has 202 valence electrons. The molecule has 1 aliphatic rings. The van der Waals surface area contributed by atoms with Gasteiger partial charge in [0.25, 0.3) is 5.91 Å². The lowest BCUT2D eigenvalue weighted by Crippen LogP contribution is -2.33. The fourth-order valence-corrected chi connectivity index (χ4v) is 5.01. The molecule has 0 aliphatic carbocycles. The normalized spacial score (nSPS) is 14.7. The smallest absolute Gasteiger partial charge is 0.251 e. The topological polar surface area (TPSA) is 100 Å². The van der Waals surface area contributed by atoms with Crippen molar-refractivity contribution in [2.45, 2.75) is 24.8 Å². The maximum atomic E-state index is 14.1. The quantitative estimate of drug-likeness (QED) is 0.296. The second-order valence-electron chi connectivity index (χ2n) is 9.53. The predicted octanol–water partition coefficient (Wildman–Crippen LogP) is 4.91. The SMILES string of the molecule is CNC(=O)c1cccc(-c2cccnc2[C@H](Cc2cc(F)cc(F)c2)NC(=O)C[C@H]2C(=O)Nc3ccccc32)c1. The molecule has 3 aromatic carbocycles. The summed E-state index contributed by atoms with van der Waals surface area (Å²) in [7, 11) is 1.54. The van der Waals surface area contributed by atoms with Crippen LogP contribution < -0.4 is 16.0 Å². The van der Waals surface area contributed by atoms with Crippen molar-refractivity contribution in [3.05, 3.63) is 119 Å². The Balaban J connectivity index is 1.50. The molecule has 0 saturated heterocycles. The molecule has 3 N–H and O–H groups in total. The van der Waals surface area contributed by atoms with Gasteiger partial charge in [-0.2, -0.15) is 0 Å². The number of hydrogen-bond acceptors (Lipinski definition) is 4.